The Hall–Kier alpha value is -1.73. The van der Waals surface area contributed by atoms with Crippen LogP contribution in [-0.2, 0) is 9.84 Å². The third-order valence-corrected chi connectivity index (χ3v) is 3.15. The lowest BCUT2D eigenvalue weighted by Gasteiger charge is -1.98. The molecule has 1 aromatic rings. The third kappa shape index (κ3) is 5.07. The predicted molar refractivity (Wildman–Crippen MR) is 77.0 cm³/mol. The van der Waals surface area contributed by atoms with E-state index in [0.29, 0.717) is 4.90 Å². The normalized spacial score (nSPS) is 12.1. The van der Waals surface area contributed by atoms with Gasteiger partial charge >= 0.3 is 0 Å². The fourth-order valence-corrected chi connectivity index (χ4v) is 1.81. The van der Waals surface area contributed by atoms with Crippen molar-refractivity contribution in [2.45, 2.75) is 4.90 Å². The van der Waals surface area contributed by atoms with Gasteiger partial charge in [0.05, 0.1) is 4.90 Å². The van der Waals surface area contributed by atoms with E-state index in [2.05, 4.69) is 22.7 Å². The Morgan fingerprint density at radius 1 is 1.39 bits per heavy atom. The van der Waals surface area contributed by atoms with E-state index in [1.165, 1.54) is 12.5 Å². The Labute approximate surface area is 111 Å². The number of allylic oxidation sites excluding steroid dienone is 1. The highest BCUT2D eigenvalue weighted by Gasteiger charge is 2.04. The summed E-state index contributed by atoms with van der Waals surface area (Å²) in [7, 11) is -3.15. The van der Waals surface area contributed by atoms with Crippen LogP contribution in [0, 0.1) is 0 Å². The molecule has 3 N–H and O–H groups in total. The van der Waals surface area contributed by atoms with Crippen molar-refractivity contribution < 1.29 is 8.42 Å². The number of nitrogens with zero attached hydrogens (tertiary/aromatic N) is 1. The molecule has 0 aromatic heterocycles. The van der Waals surface area contributed by atoms with Crippen LogP contribution in [0.4, 0.5) is 0 Å². The van der Waals surface area contributed by atoms with Gasteiger partial charge in [0.25, 0.3) is 0 Å². The highest BCUT2D eigenvalue weighted by Crippen LogP contribution is 2.10. The van der Waals surface area contributed by atoms with Crippen LogP contribution in [0.1, 0.15) is 5.56 Å². The van der Waals surface area contributed by atoms with E-state index < -0.39 is 9.84 Å². The Balaban J connectivity index is 2.67. The number of rotatable bonds is 4. The molecule has 7 heteroatoms. The minimum atomic E-state index is -3.15. The lowest BCUT2D eigenvalue weighted by Crippen LogP contribution is -2.23. The van der Waals surface area contributed by atoms with Gasteiger partial charge in [-0.3, -0.25) is 5.43 Å². The van der Waals surface area contributed by atoms with Crippen LogP contribution in [0.3, 0.4) is 0 Å². The van der Waals surface area contributed by atoms with Gasteiger partial charge in [-0.15, -0.1) is 0 Å². The number of nitrogens with one attached hydrogen (secondary N) is 1. The summed E-state index contributed by atoms with van der Waals surface area (Å²) < 4.78 is 22.5. The topological polar surface area (TPSA) is 84.5 Å². The zero-order valence-corrected chi connectivity index (χ0v) is 11.3. The largest absolute Gasteiger partial charge is 0.375 e. The number of hydrogen-bond acceptors (Lipinski definition) is 4. The minimum absolute atomic E-state index is 0.0946. The van der Waals surface area contributed by atoms with E-state index in [-0.39, 0.29) is 5.11 Å². The molecule has 1 rings (SSSR count). The van der Waals surface area contributed by atoms with Crippen molar-refractivity contribution in [3.05, 3.63) is 35.9 Å². The van der Waals surface area contributed by atoms with Gasteiger partial charge in [0.1, 0.15) is 0 Å². The molecule has 96 valence electrons. The van der Waals surface area contributed by atoms with Crippen molar-refractivity contribution in [2.75, 3.05) is 6.26 Å². The summed E-state index contributed by atoms with van der Waals surface area (Å²) in [5.41, 5.74) is 8.44. The summed E-state index contributed by atoms with van der Waals surface area (Å²) in [5.74, 6) is 0. The Morgan fingerprint density at radius 3 is 2.50 bits per heavy atom. The van der Waals surface area contributed by atoms with E-state index in [1.807, 2.05) is 0 Å². The lowest BCUT2D eigenvalue weighted by molar-refractivity contribution is 0.602. The van der Waals surface area contributed by atoms with E-state index in [9.17, 15) is 8.42 Å². The van der Waals surface area contributed by atoms with Gasteiger partial charge in [0, 0.05) is 12.5 Å². The summed E-state index contributed by atoms with van der Waals surface area (Å²) in [5, 5.41) is 3.81. The average Bonchev–Trinajstić information content (AvgIpc) is 2.27. The highest BCUT2D eigenvalue weighted by atomic mass is 32.2. The van der Waals surface area contributed by atoms with Crippen molar-refractivity contribution in [1.29, 1.82) is 0 Å². The van der Waals surface area contributed by atoms with Gasteiger partial charge in [-0.2, -0.15) is 5.10 Å². The van der Waals surface area contributed by atoms with Crippen LogP contribution in [0.25, 0.3) is 6.08 Å². The zero-order chi connectivity index (χ0) is 13.6. The quantitative estimate of drug-likeness (QED) is 0.488. The molecule has 0 heterocycles. The molecule has 0 spiro atoms. The smallest absolute Gasteiger partial charge is 0.184 e. The van der Waals surface area contributed by atoms with E-state index in [1.54, 1.807) is 36.4 Å². The second-order valence-electron chi connectivity index (χ2n) is 3.45. The van der Waals surface area contributed by atoms with Crippen molar-refractivity contribution in [2.24, 2.45) is 10.8 Å². The molecule has 0 radical (unpaired) electrons. The summed E-state index contributed by atoms with van der Waals surface area (Å²) in [6.45, 7) is 0. The minimum Gasteiger partial charge on any atom is -0.375 e. The molecule has 1 aromatic carbocycles. The number of hydrazone groups is 1. The van der Waals surface area contributed by atoms with Crippen LogP contribution in [0.5, 0.6) is 0 Å². The SMILES string of the molecule is CS(=O)(=O)c1ccc(C=CC=NNC(N)=S)cc1. The van der Waals surface area contributed by atoms with Gasteiger partial charge in [0.15, 0.2) is 14.9 Å². The van der Waals surface area contributed by atoms with Crippen LogP contribution < -0.4 is 11.2 Å². The maximum absolute atomic E-state index is 11.2. The van der Waals surface area contributed by atoms with Crippen molar-refractivity contribution in [3.8, 4) is 0 Å². The monoisotopic (exact) mass is 283 g/mol. The molecule has 18 heavy (non-hydrogen) atoms. The predicted octanol–water partition coefficient (Wildman–Crippen LogP) is 0.922. The summed E-state index contributed by atoms with van der Waals surface area (Å²) >= 11 is 4.56. The summed E-state index contributed by atoms with van der Waals surface area (Å²) in [4.78, 5) is 0.295. The van der Waals surface area contributed by atoms with Crippen LogP contribution in [0.2, 0.25) is 0 Å². The Bertz CT molecular complexity index is 575. The second kappa shape index (κ2) is 6.27. The average molecular weight is 283 g/mol. The number of nitrogens with two attached hydrogens (primary N) is 1. The van der Waals surface area contributed by atoms with E-state index in [0.717, 1.165) is 5.56 Å². The number of benzene rings is 1. The first-order chi connectivity index (χ1) is 8.39. The van der Waals surface area contributed by atoms with Gasteiger partial charge in [-0.1, -0.05) is 18.2 Å². The molecule has 0 unspecified atom stereocenters. The molecule has 5 nitrogen and oxygen atoms in total. The fourth-order valence-electron chi connectivity index (χ4n) is 1.12. The standard InChI is InChI=1S/C11H13N3O2S2/c1-18(15,16)10-6-4-9(5-7-10)3-2-8-13-14-11(12)17/h2-8H,1H3,(H3,12,14,17). The molecule has 0 aliphatic carbocycles. The van der Waals surface area contributed by atoms with Gasteiger partial charge < -0.3 is 5.73 Å². The lowest BCUT2D eigenvalue weighted by atomic mass is 10.2. The molecule has 0 saturated heterocycles. The molecule has 0 aliphatic rings. The van der Waals surface area contributed by atoms with Gasteiger partial charge in [-0.05, 0) is 36.0 Å². The fraction of sp³-hybridized carbons (Fsp3) is 0.0909. The molecule has 0 fully saturated rings. The molecular weight excluding hydrogens is 270 g/mol. The highest BCUT2D eigenvalue weighted by molar-refractivity contribution is 7.90. The first kappa shape index (κ1) is 14.3. The van der Waals surface area contributed by atoms with Crippen molar-refractivity contribution >= 4 is 39.5 Å². The number of thiocarbonyl (C=S) groups is 1. The zero-order valence-electron chi connectivity index (χ0n) is 9.70. The van der Waals surface area contributed by atoms with Crippen LogP contribution in [-0.4, -0.2) is 26.0 Å². The van der Waals surface area contributed by atoms with Gasteiger partial charge in [-0.25, -0.2) is 8.42 Å². The number of sulfone groups is 1. The molecule has 0 amide bonds. The number of hydrogen-bond donors (Lipinski definition) is 2. The summed E-state index contributed by atoms with van der Waals surface area (Å²) in [6, 6.07) is 6.53. The van der Waals surface area contributed by atoms with Crippen molar-refractivity contribution in [3.63, 3.8) is 0 Å². The van der Waals surface area contributed by atoms with E-state index >= 15 is 0 Å². The van der Waals surface area contributed by atoms with Gasteiger partial charge in [0.2, 0.25) is 0 Å². The van der Waals surface area contributed by atoms with Crippen LogP contribution >= 0.6 is 12.2 Å². The molecular formula is C11H13N3O2S2. The first-order valence-electron chi connectivity index (χ1n) is 4.95. The molecule has 0 saturated carbocycles. The molecule has 0 bridgehead atoms. The molecule has 0 aliphatic heterocycles. The molecule has 0 atom stereocenters. The third-order valence-electron chi connectivity index (χ3n) is 1.93. The maximum Gasteiger partial charge on any atom is 0.184 e. The summed E-state index contributed by atoms with van der Waals surface area (Å²) in [6.07, 6.45) is 6.12. The maximum atomic E-state index is 11.2. The Kier molecular flexibility index (Phi) is 4.99. The van der Waals surface area contributed by atoms with Crippen LogP contribution in [0.15, 0.2) is 40.3 Å². The first-order valence-corrected chi connectivity index (χ1v) is 7.25. The Morgan fingerprint density at radius 2 is 2.00 bits per heavy atom. The second-order valence-corrected chi connectivity index (χ2v) is 5.91. The van der Waals surface area contributed by atoms with E-state index in [4.69, 9.17) is 5.73 Å². The van der Waals surface area contributed by atoms with Crippen molar-refractivity contribution in [1.82, 2.24) is 5.43 Å².